The van der Waals surface area contributed by atoms with E-state index in [1.165, 1.54) is 11.2 Å². The number of amides is 2. The molecule has 1 N–H and O–H groups in total. The minimum atomic E-state index is -0.284. The number of carbonyl (C=O) groups is 2. The maximum Gasteiger partial charge on any atom is 0.262 e. The molecule has 0 fully saturated rings. The second-order valence-corrected chi connectivity index (χ2v) is 4.29. The van der Waals surface area contributed by atoms with Crippen molar-refractivity contribution >= 4 is 17.5 Å². The first-order valence-electron chi connectivity index (χ1n) is 5.91. The molecule has 3 rings (SSSR count). The van der Waals surface area contributed by atoms with E-state index in [0.29, 0.717) is 16.9 Å². The van der Waals surface area contributed by atoms with Crippen molar-refractivity contribution < 1.29 is 14.0 Å². The lowest BCUT2D eigenvalue weighted by Gasteiger charge is -2.11. The van der Waals surface area contributed by atoms with E-state index < -0.39 is 0 Å². The number of fused-ring (bicyclic) bond motifs is 1. The third-order valence-electron chi connectivity index (χ3n) is 3.15. The lowest BCUT2D eigenvalue weighted by molar-refractivity contribution is 0.0631. The minimum absolute atomic E-state index is 0.161. The van der Waals surface area contributed by atoms with Crippen LogP contribution in [0.15, 0.2) is 41.0 Å². The van der Waals surface area contributed by atoms with Crippen LogP contribution in [-0.4, -0.2) is 23.8 Å². The van der Waals surface area contributed by atoms with Crippen LogP contribution in [0.4, 0.5) is 5.69 Å². The van der Waals surface area contributed by atoms with Crippen molar-refractivity contribution in [1.29, 1.82) is 0 Å². The monoisotopic (exact) mass is 256 g/mol. The number of anilines is 1. The fourth-order valence-electron chi connectivity index (χ4n) is 2.15. The first kappa shape index (κ1) is 11.5. The zero-order chi connectivity index (χ0) is 13.4. The first-order chi connectivity index (χ1) is 9.20. The van der Waals surface area contributed by atoms with E-state index in [1.54, 1.807) is 37.4 Å². The lowest BCUT2D eigenvalue weighted by atomic mass is 10.1. The average molecular weight is 256 g/mol. The Labute approximate surface area is 109 Å². The van der Waals surface area contributed by atoms with Crippen LogP contribution in [0.3, 0.4) is 0 Å². The van der Waals surface area contributed by atoms with Crippen LogP contribution in [0.2, 0.25) is 0 Å². The van der Waals surface area contributed by atoms with Gasteiger partial charge >= 0.3 is 0 Å². The number of rotatable bonds is 3. The predicted molar refractivity (Wildman–Crippen MR) is 68.9 cm³/mol. The van der Waals surface area contributed by atoms with E-state index in [1.807, 2.05) is 0 Å². The molecule has 0 spiro atoms. The maximum absolute atomic E-state index is 12.2. The van der Waals surface area contributed by atoms with Gasteiger partial charge in [0.1, 0.15) is 5.76 Å². The Hall–Kier alpha value is -2.56. The van der Waals surface area contributed by atoms with Gasteiger partial charge in [0.25, 0.3) is 11.8 Å². The summed E-state index contributed by atoms with van der Waals surface area (Å²) in [6, 6.07) is 8.61. The molecular formula is C14H12N2O3. The highest BCUT2D eigenvalue weighted by Crippen LogP contribution is 2.27. The van der Waals surface area contributed by atoms with Crippen molar-refractivity contribution in [3.63, 3.8) is 0 Å². The van der Waals surface area contributed by atoms with Gasteiger partial charge in [-0.15, -0.1) is 0 Å². The van der Waals surface area contributed by atoms with Gasteiger partial charge in [0, 0.05) is 12.7 Å². The normalized spacial score (nSPS) is 13.8. The van der Waals surface area contributed by atoms with Crippen molar-refractivity contribution in [3.8, 4) is 0 Å². The topological polar surface area (TPSA) is 62.6 Å². The van der Waals surface area contributed by atoms with E-state index in [4.69, 9.17) is 4.42 Å². The molecule has 0 unspecified atom stereocenters. The molecule has 2 aromatic rings. The Morgan fingerprint density at radius 2 is 1.95 bits per heavy atom. The SMILES string of the molecule is CNc1ccc2c(c1)C(=O)N(Cc1ccco1)C2=O. The Balaban J connectivity index is 1.95. The molecule has 5 heteroatoms. The molecule has 1 aliphatic rings. The highest BCUT2D eigenvalue weighted by Gasteiger charge is 2.35. The summed E-state index contributed by atoms with van der Waals surface area (Å²) in [6.45, 7) is 0.161. The van der Waals surface area contributed by atoms with Gasteiger partial charge in [-0.05, 0) is 30.3 Å². The lowest BCUT2D eigenvalue weighted by Crippen LogP contribution is -2.28. The van der Waals surface area contributed by atoms with Crippen molar-refractivity contribution in [2.45, 2.75) is 6.54 Å². The highest BCUT2D eigenvalue weighted by molar-refractivity contribution is 6.21. The van der Waals surface area contributed by atoms with E-state index in [9.17, 15) is 9.59 Å². The fraction of sp³-hybridized carbons (Fsp3) is 0.143. The van der Waals surface area contributed by atoms with Crippen LogP contribution in [0.25, 0.3) is 0 Å². The molecule has 0 bridgehead atoms. The Bertz CT molecular complexity index is 647. The highest BCUT2D eigenvalue weighted by atomic mass is 16.3. The van der Waals surface area contributed by atoms with Gasteiger partial charge in [-0.25, -0.2) is 0 Å². The molecule has 2 amide bonds. The molecule has 19 heavy (non-hydrogen) atoms. The molecular weight excluding hydrogens is 244 g/mol. The quantitative estimate of drug-likeness (QED) is 0.854. The smallest absolute Gasteiger partial charge is 0.262 e. The maximum atomic E-state index is 12.2. The van der Waals surface area contributed by atoms with Crippen molar-refractivity contribution in [1.82, 2.24) is 4.90 Å². The second kappa shape index (κ2) is 4.28. The van der Waals surface area contributed by atoms with Gasteiger partial charge in [-0.2, -0.15) is 0 Å². The standard InChI is InChI=1S/C14H12N2O3/c1-15-9-4-5-11-12(7-9)14(18)16(13(11)17)8-10-3-2-6-19-10/h2-7,15H,8H2,1H3. The molecule has 1 aliphatic heterocycles. The fourth-order valence-corrected chi connectivity index (χ4v) is 2.15. The summed E-state index contributed by atoms with van der Waals surface area (Å²) in [5.74, 6) is 0.0240. The van der Waals surface area contributed by atoms with E-state index in [0.717, 1.165) is 5.69 Å². The summed E-state index contributed by atoms with van der Waals surface area (Å²) >= 11 is 0. The molecule has 0 saturated carbocycles. The van der Waals surface area contributed by atoms with Crippen LogP contribution < -0.4 is 5.32 Å². The van der Waals surface area contributed by atoms with Crippen LogP contribution in [-0.2, 0) is 6.54 Å². The van der Waals surface area contributed by atoms with Crippen LogP contribution >= 0.6 is 0 Å². The number of carbonyl (C=O) groups excluding carboxylic acids is 2. The van der Waals surface area contributed by atoms with E-state index in [2.05, 4.69) is 5.32 Å². The summed E-state index contributed by atoms with van der Waals surface area (Å²) in [6.07, 6.45) is 1.52. The number of benzene rings is 1. The number of nitrogens with one attached hydrogen (secondary N) is 1. The number of furan rings is 1. The minimum Gasteiger partial charge on any atom is -0.467 e. The zero-order valence-corrected chi connectivity index (χ0v) is 10.3. The molecule has 0 saturated heterocycles. The average Bonchev–Trinajstić information content (AvgIpc) is 3.02. The van der Waals surface area contributed by atoms with Crippen molar-refractivity contribution in [2.75, 3.05) is 12.4 Å². The Kier molecular flexibility index (Phi) is 2.59. The number of nitrogens with zero attached hydrogens (tertiary/aromatic N) is 1. The van der Waals surface area contributed by atoms with Crippen LogP contribution in [0.5, 0.6) is 0 Å². The molecule has 2 heterocycles. The van der Waals surface area contributed by atoms with Gasteiger partial charge < -0.3 is 9.73 Å². The molecule has 96 valence electrons. The molecule has 1 aromatic heterocycles. The van der Waals surface area contributed by atoms with Crippen LogP contribution in [0, 0.1) is 0 Å². The largest absolute Gasteiger partial charge is 0.467 e. The Morgan fingerprint density at radius 1 is 1.16 bits per heavy atom. The third-order valence-corrected chi connectivity index (χ3v) is 3.15. The first-order valence-corrected chi connectivity index (χ1v) is 5.91. The summed E-state index contributed by atoms with van der Waals surface area (Å²) in [5, 5.41) is 2.95. The van der Waals surface area contributed by atoms with Crippen molar-refractivity contribution in [2.24, 2.45) is 0 Å². The van der Waals surface area contributed by atoms with Crippen LogP contribution in [0.1, 0.15) is 26.5 Å². The molecule has 0 atom stereocenters. The summed E-state index contributed by atoms with van der Waals surface area (Å²) in [5.41, 5.74) is 1.68. The number of hydrogen-bond acceptors (Lipinski definition) is 4. The van der Waals surface area contributed by atoms with Gasteiger partial charge in [-0.3, -0.25) is 14.5 Å². The summed E-state index contributed by atoms with van der Waals surface area (Å²) in [7, 11) is 1.77. The molecule has 1 aromatic carbocycles. The van der Waals surface area contributed by atoms with E-state index >= 15 is 0 Å². The summed E-state index contributed by atoms with van der Waals surface area (Å²) < 4.78 is 5.18. The molecule has 0 aliphatic carbocycles. The second-order valence-electron chi connectivity index (χ2n) is 4.29. The van der Waals surface area contributed by atoms with Gasteiger partial charge in [-0.1, -0.05) is 0 Å². The van der Waals surface area contributed by atoms with E-state index in [-0.39, 0.29) is 18.4 Å². The van der Waals surface area contributed by atoms with Gasteiger partial charge in [0.2, 0.25) is 0 Å². The zero-order valence-electron chi connectivity index (χ0n) is 10.3. The number of hydrogen-bond donors (Lipinski definition) is 1. The number of imide groups is 1. The predicted octanol–water partition coefficient (Wildman–Crippen LogP) is 2.12. The van der Waals surface area contributed by atoms with Gasteiger partial charge in [0.15, 0.2) is 0 Å². The Morgan fingerprint density at radius 3 is 2.63 bits per heavy atom. The third kappa shape index (κ3) is 1.79. The summed E-state index contributed by atoms with van der Waals surface area (Å²) in [4.78, 5) is 25.6. The van der Waals surface area contributed by atoms with Gasteiger partial charge in [0.05, 0.1) is 23.9 Å². The van der Waals surface area contributed by atoms with Crippen molar-refractivity contribution in [3.05, 3.63) is 53.5 Å². The molecule has 0 radical (unpaired) electrons. The molecule has 5 nitrogen and oxygen atoms in total.